The van der Waals surface area contributed by atoms with E-state index in [0.717, 1.165) is 55.6 Å². The third kappa shape index (κ3) is 8.88. The van der Waals surface area contributed by atoms with Crippen molar-refractivity contribution < 1.29 is 17.9 Å². The van der Waals surface area contributed by atoms with Gasteiger partial charge in [-0.3, -0.25) is 0 Å². The van der Waals surface area contributed by atoms with E-state index in [2.05, 4.69) is 19.9 Å². The molecule has 4 rings (SSSR count). The van der Waals surface area contributed by atoms with Gasteiger partial charge < -0.3 is 4.74 Å². The molecular formula is C38H49F3O. The lowest BCUT2D eigenvalue weighted by Crippen LogP contribution is -2.13. The van der Waals surface area contributed by atoms with E-state index in [1.165, 1.54) is 63.9 Å². The molecular weight excluding hydrogens is 529 g/mol. The molecule has 42 heavy (non-hydrogen) atoms. The summed E-state index contributed by atoms with van der Waals surface area (Å²) >= 11 is 0. The Morgan fingerprint density at radius 2 is 1.21 bits per heavy atom. The minimum absolute atomic E-state index is 0.0542. The van der Waals surface area contributed by atoms with Crippen molar-refractivity contribution in [3.05, 3.63) is 77.6 Å². The summed E-state index contributed by atoms with van der Waals surface area (Å²) in [5, 5.41) is 0. The molecule has 0 atom stereocenters. The predicted molar refractivity (Wildman–Crippen MR) is 170 cm³/mol. The number of hydrogen-bond acceptors (Lipinski definition) is 1. The molecule has 0 amide bonds. The molecule has 0 aliphatic heterocycles. The van der Waals surface area contributed by atoms with Crippen LogP contribution in [0.1, 0.15) is 122 Å². The number of rotatable bonds is 16. The number of halogens is 3. The highest BCUT2D eigenvalue weighted by molar-refractivity contribution is 5.71. The fourth-order valence-corrected chi connectivity index (χ4v) is 6.42. The molecule has 0 saturated heterocycles. The first-order valence-electron chi connectivity index (χ1n) is 16.5. The van der Waals surface area contributed by atoms with E-state index in [-0.39, 0.29) is 17.1 Å². The Morgan fingerprint density at radius 3 is 1.86 bits per heavy atom. The van der Waals surface area contributed by atoms with Crippen LogP contribution in [0.3, 0.4) is 0 Å². The Kier molecular flexibility index (Phi) is 12.8. The van der Waals surface area contributed by atoms with E-state index in [9.17, 15) is 8.78 Å². The molecule has 1 saturated carbocycles. The SMILES string of the molecule is CCCCCCCOc1ccc(-c2ccc(-c3ccc(C4CCC(CCCCCCC)CC4)cc3F)cc2)c(F)c1F. The lowest BCUT2D eigenvalue weighted by atomic mass is 9.77. The van der Waals surface area contributed by atoms with E-state index in [4.69, 9.17) is 4.74 Å². The molecule has 0 N–H and O–H groups in total. The topological polar surface area (TPSA) is 9.23 Å². The van der Waals surface area contributed by atoms with Crippen LogP contribution >= 0.6 is 0 Å². The maximum Gasteiger partial charge on any atom is 0.201 e. The Morgan fingerprint density at radius 1 is 0.619 bits per heavy atom. The second-order valence-electron chi connectivity index (χ2n) is 12.2. The molecule has 228 valence electrons. The van der Waals surface area contributed by atoms with Gasteiger partial charge >= 0.3 is 0 Å². The second-order valence-corrected chi connectivity index (χ2v) is 12.2. The van der Waals surface area contributed by atoms with Gasteiger partial charge in [0, 0.05) is 11.1 Å². The highest BCUT2D eigenvalue weighted by Gasteiger charge is 2.23. The molecule has 0 heterocycles. The van der Waals surface area contributed by atoms with Gasteiger partial charge in [0.1, 0.15) is 5.82 Å². The summed E-state index contributed by atoms with van der Waals surface area (Å²) < 4.78 is 50.5. The minimum Gasteiger partial charge on any atom is -0.490 e. The average Bonchev–Trinajstić information content (AvgIpc) is 3.01. The van der Waals surface area contributed by atoms with E-state index < -0.39 is 11.6 Å². The monoisotopic (exact) mass is 578 g/mol. The van der Waals surface area contributed by atoms with Crippen molar-refractivity contribution >= 4 is 0 Å². The molecule has 3 aromatic rings. The highest BCUT2D eigenvalue weighted by atomic mass is 19.2. The Balaban J connectivity index is 1.33. The van der Waals surface area contributed by atoms with Crippen LogP contribution in [0, 0.1) is 23.4 Å². The normalized spacial score (nSPS) is 17.0. The largest absolute Gasteiger partial charge is 0.490 e. The molecule has 0 unspecified atom stereocenters. The zero-order chi connectivity index (χ0) is 29.7. The van der Waals surface area contributed by atoms with Crippen molar-refractivity contribution in [3.63, 3.8) is 0 Å². The number of unbranched alkanes of at least 4 members (excludes halogenated alkanes) is 8. The molecule has 4 heteroatoms. The van der Waals surface area contributed by atoms with Crippen LogP contribution < -0.4 is 4.74 Å². The lowest BCUT2D eigenvalue weighted by molar-refractivity contribution is 0.285. The summed E-state index contributed by atoms with van der Waals surface area (Å²) in [6, 6.07) is 15.7. The zero-order valence-electron chi connectivity index (χ0n) is 25.7. The predicted octanol–water partition coefficient (Wildman–Crippen LogP) is 12.4. The first-order valence-corrected chi connectivity index (χ1v) is 16.5. The number of benzene rings is 3. The molecule has 1 aliphatic carbocycles. The Labute approximate surface area is 251 Å². The van der Waals surface area contributed by atoms with Crippen molar-refractivity contribution in [1.82, 2.24) is 0 Å². The standard InChI is InChI=1S/C38H49F3O/c1-3-5-7-9-11-13-28-14-16-29(17-15-28)32-22-23-33(35(39)27-32)30-18-20-31(21-19-30)34-24-25-36(38(41)37(34)40)42-26-12-10-8-6-4-2/h18-25,27-29H,3-17,26H2,1-2H3. The van der Waals surface area contributed by atoms with Crippen LogP contribution in [0.5, 0.6) is 5.75 Å². The molecule has 0 bridgehead atoms. The summed E-state index contributed by atoms with van der Waals surface area (Å²) in [6.45, 7) is 4.78. The maximum atomic E-state index is 15.3. The zero-order valence-corrected chi connectivity index (χ0v) is 25.7. The van der Waals surface area contributed by atoms with Crippen LogP contribution in [0.15, 0.2) is 54.6 Å². The lowest BCUT2D eigenvalue weighted by Gasteiger charge is -2.29. The number of ether oxygens (including phenoxy) is 1. The van der Waals surface area contributed by atoms with Gasteiger partial charge in [0.2, 0.25) is 5.82 Å². The molecule has 1 fully saturated rings. The maximum absolute atomic E-state index is 15.3. The second kappa shape index (κ2) is 16.8. The summed E-state index contributed by atoms with van der Waals surface area (Å²) in [6.07, 6.45) is 18.1. The van der Waals surface area contributed by atoms with E-state index in [1.54, 1.807) is 36.4 Å². The Hall–Kier alpha value is -2.75. The van der Waals surface area contributed by atoms with Gasteiger partial charge in [-0.2, -0.15) is 4.39 Å². The van der Waals surface area contributed by atoms with Crippen LogP contribution in [0.25, 0.3) is 22.3 Å². The van der Waals surface area contributed by atoms with Crippen molar-refractivity contribution in [3.8, 4) is 28.0 Å². The number of hydrogen-bond donors (Lipinski definition) is 0. The third-order valence-electron chi connectivity index (χ3n) is 9.09. The van der Waals surface area contributed by atoms with Crippen molar-refractivity contribution in [2.45, 2.75) is 116 Å². The van der Waals surface area contributed by atoms with E-state index in [0.29, 0.717) is 23.7 Å². The van der Waals surface area contributed by atoms with Gasteiger partial charge in [0.15, 0.2) is 11.6 Å². The van der Waals surface area contributed by atoms with Gasteiger partial charge in [-0.25, -0.2) is 8.78 Å². The first-order chi connectivity index (χ1) is 20.5. The van der Waals surface area contributed by atoms with Crippen LogP contribution in [-0.4, -0.2) is 6.61 Å². The molecule has 3 aromatic carbocycles. The summed E-state index contributed by atoms with van der Waals surface area (Å²) in [4.78, 5) is 0. The van der Waals surface area contributed by atoms with Crippen molar-refractivity contribution in [2.75, 3.05) is 6.61 Å². The first kappa shape index (κ1) is 32.2. The molecule has 0 spiro atoms. The van der Waals surface area contributed by atoms with E-state index >= 15 is 4.39 Å². The van der Waals surface area contributed by atoms with E-state index in [1.807, 2.05) is 6.07 Å². The average molecular weight is 579 g/mol. The van der Waals surface area contributed by atoms with Crippen LogP contribution in [0.4, 0.5) is 13.2 Å². The molecule has 0 radical (unpaired) electrons. The van der Waals surface area contributed by atoms with Crippen molar-refractivity contribution in [1.29, 1.82) is 0 Å². The van der Waals surface area contributed by atoms with Crippen molar-refractivity contribution in [2.24, 2.45) is 5.92 Å². The minimum atomic E-state index is -0.965. The summed E-state index contributed by atoms with van der Waals surface area (Å²) in [5.41, 5.74) is 3.05. The summed E-state index contributed by atoms with van der Waals surface area (Å²) in [5.74, 6) is -0.917. The van der Waals surface area contributed by atoms with Gasteiger partial charge in [0.05, 0.1) is 6.61 Å². The van der Waals surface area contributed by atoms with Gasteiger partial charge in [0.25, 0.3) is 0 Å². The fraction of sp³-hybridized carbons (Fsp3) is 0.526. The van der Waals surface area contributed by atoms with Gasteiger partial charge in [-0.05, 0) is 78.8 Å². The fourth-order valence-electron chi connectivity index (χ4n) is 6.42. The quantitative estimate of drug-likeness (QED) is 0.154. The molecule has 1 nitrogen and oxygen atoms in total. The smallest absolute Gasteiger partial charge is 0.201 e. The van der Waals surface area contributed by atoms with Crippen LogP contribution in [-0.2, 0) is 0 Å². The Bertz CT molecular complexity index is 1230. The summed E-state index contributed by atoms with van der Waals surface area (Å²) in [7, 11) is 0. The highest BCUT2D eigenvalue weighted by Crippen LogP contribution is 2.39. The van der Waals surface area contributed by atoms with Gasteiger partial charge in [-0.15, -0.1) is 0 Å². The van der Waals surface area contributed by atoms with Crippen LogP contribution in [0.2, 0.25) is 0 Å². The third-order valence-corrected chi connectivity index (χ3v) is 9.09. The molecule has 1 aliphatic rings. The molecule has 0 aromatic heterocycles. The van der Waals surface area contributed by atoms with Gasteiger partial charge in [-0.1, -0.05) is 114 Å².